The average molecular weight is 303 g/mol. The van der Waals surface area contributed by atoms with Gasteiger partial charge in [0.15, 0.2) is 11.0 Å². The van der Waals surface area contributed by atoms with Gasteiger partial charge in [0, 0.05) is 6.54 Å². The molecule has 0 aliphatic carbocycles. The lowest BCUT2D eigenvalue weighted by Gasteiger charge is -2.08. The summed E-state index contributed by atoms with van der Waals surface area (Å²) in [5.74, 6) is 1.44. The molecule has 3 aromatic heterocycles. The van der Waals surface area contributed by atoms with E-state index >= 15 is 0 Å². The summed E-state index contributed by atoms with van der Waals surface area (Å²) in [5, 5.41) is 1.15. The summed E-state index contributed by atoms with van der Waals surface area (Å²) in [4.78, 5) is 9.53. The van der Waals surface area contributed by atoms with Crippen LogP contribution in [0, 0.1) is 5.92 Å². The third-order valence-electron chi connectivity index (χ3n) is 3.96. The molecular weight excluding hydrogens is 284 g/mol. The molecule has 4 aromatic rings. The van der Waals surface area contributed by atoms with Gasteiger partial charge in [-0.1, -0.05) is 32.0 Å². The summed E-state index contributed by atoms with van der Waals surface area (Å²) in [6.07, 6.45) is 5.96. The monoisotopic (exact) mass is 303 g/mol. The topological polar surface area (TPSA) is 34.6 Å². The molecule has 0 saturated heterocycles. The van der Waals surface area contributed by atoms with Crippen LogP contribution >= 0.6 is 0 Å². The predicted octanol–water partition coefficient (Wildman–Crippen LogP) is 3.52. The van der Waals surface area contributed by atoms with Crippen LogP contribution in [0.1, 0.15) is 13.8 Å². The number of nitrogens with zero attached hydrogens (tertiary/aromatic N) is 4. The van der Waals surface area contributed by atoms with E-state index in [9.17, 15) is 0 Å². The molecule has 4 rings (SSSR count). The van der Waals surface area contributed by atoms with E-state index in [1.54, 1.807) is 0 Å². The molecule has 0 N–H and O–H groups in total. The second-order valence-corrected chi connectivity index (χ2v) is 6.22. The number of pyridine rings is 2. The van der Waals surface area contributed by atoms with Crippen LogP contribution in [0.5, 0.6) is 0 Å². The van der Waals surface area contributed by atoms with Gasteiger partial charge in [-0.25, -0.2) is 9.55 Å². The summed E-state index contributed by atoms with van der Waals surface area (Å²) in [6.45, 7) is 5.40. The van der Waals surface area contributed by atoms with Gasteiger partial charge in [-0.15, -0.1) is 0 Å². The van der Waals surface area contributed by atoms with Crippen molar-refractivity contribution >= 4 is 21.9 Å². The smallest absolute Gasteiger partial charge is 0.329 e. The predicted molar refractivity (Wildman–Crippen MR) is 91.4 cm³/mol. The van der Waals surface area contributed by atoms with Crippen LogP contribution in [-0.4, -0.2) is 14.5 Å². The van der Waals surface area contributed by atoms with Gasteiger partial charge in [-0.3, -0.25) is 0 Å². The molecule has 0 atom stereocenters. The van der Waals surface area contributed by atoms with Crippen molar-refractivity contribution in [3.05, 3.63) is 61.2 Å². The zero-order valence-corrected chi connectivity index (χ0v) is 13.3. The first-order chi connectivity index (χ1) is 11.2. The van der Waals surface area contributed by atoms with Crippen molar-refractivity contribution in [2.75, 3.05) is 0 Å². The maximum absolute atomic E-state index is 4.85. The number of hydrogen-bond donors (Lipinski definition) is 0. The minimum Gasteiger partial charge on any atom is -0.329 e. The Morgan fingerprint density at radius 2 is 1.83 bits per heavy atom. The summed E-state index contributed by atoms with van der Waals surface area (Å²) < 4.78 is 4.28. The average Bonchev–Trinajstić information content (AvgIpc) is 2.98. The molecule has 0 aliphatic rings. The van der Waals surface area contributed by atoms with Crippen LogP contribution in [-0.2, 0) is 6.54 Å². The largest absolute Gasteiger partial charge is 0.356 e. The molecule has 0 amide bonds. The van der Waals surface area contributed by atoms with Crippen molar-refractivity contribution in [2.24, 2.45) is 5.92 Å². The summed E-state index contributed by atoms with van der Waals surface area (Å²) in [7, 11) is 0. The van der Waals surface area contributed by atoms with Crippen molar-refractivity contribution in [1.82, 2.24) is 14.5 Å². The summed E-state index contributed by atoms with van der Waals surface area (Å²) in [6, 6.07) is 14.3. The lowest BCUT2D eigenvalue weighted by atomic mass is 10.1. The molecule has 3 heterocycles. The Hall–Kier alpha value is -2.75. The van der Waals surface area contributed by atoms with Gasteiger partial charge in [0.1, 0.15) is 0 Å². The quantitative estimate of drug-likeness (QED) is 0.543. The Kier molecular flexibility index (Phi) is 3.30. The van der Waals surface area contributed by atoms with Crippen LogP contribution in [0.4, 0.5) is 0 Å². The normalized spacial score (nSPS) is 11.6. The van der Waals surface area contributed by atoms with Crippen LogP contribution in [0.25, 0.3) is 27.8 Å². The Bertz CT molecular complexity index is 971. The third kappa shape index (κ3) is 2.36. The van der Waals surface area contributed by atoms with Crippen LogP contribution in [0.3, 0.4) is 0 Å². The number of benzene rings is 1. The molecular formula is C19H19N4+. The molecule has 114 valence electrons. The molecule has 1 aromatic carbocycles. The van der Waals surface area contributed by atoms with E-state index < -0.39 is 0 Å². The van der Waals surface area contributed by atoms with Crippen LogP contribution < -0.4 is 4.57 Å². The van der Waals surface area contributed by atoms with Gasteiger partial charge in [-0.05, 0) is 35.2 Å². The molecule has 4 nitrogen and oxygen atoms in total. The zero-order chi connectivity index (χ0) is 15.8. The van der Waals surface area contributed by atoms with Gasteiger partial charge in [0.2, 0.25) is 0 Å². The number of aromatic nitrogens is 4. The second kappa shape index (κ2) is 5.47. The van der Waals surface area contributed by atoms with Crippen molar-refractivity contribution < 1.29 is 4.57 Å². The van der Waals surface area contributed by atoms with Crippen LogP contribution in [0.2, 0.25) is 0 Å². The Balaban J connectivity index is 2.09. The fourth-order valence-electron chi connectivity index (χ4n) is 3.02. The number of rotatable bonds is 3. The highest BCUT2D eigenvalue weighted by Gasteiger charge is 2.21. The van der Waals surface area contributed by atoms with E-state index in [0.29, 0.717) is 5.92 Å². The Morgan fingerprint density at radius 1 is 1.04 bits per heavy atom. The maximum atomic E-state index is 4.85. The van der Waals surface area contributed by atoms with Gasteiger partial charge in [0.05, 0.1) is 29.6 Å². The Labute approximate surface area is 135 Å². The fraction of sp³-hybridized carbons (Fsp3) is 0.211. The van der Waals surface area contributed by atoms with Crippen LogP contribution in [0.15, 0.2) is 61.2 Å². The number of imidazole rings is 1. The molecule has 0 aliphatic heterocycles. The molecule has 23 heavy (non-hydrogen) atoms. The molecule has 0 spiro atoms. The number of para-hydroxylation sites is 1. The number of hydrogen-bond acceptors (Lipinski definition) is 2. The van der Waals surface area contributed by atoms with Crippen molar-refractivity contribution in [3.63, 3.8) is 0 Å². The first-order valence-electron chi connectivity index (χ1n) is 7.94. The minimum atomic E-state index is 0.562. The SMILES string of the molecule is CC(C)Cn1cnc2c(-[n+]3ccccc3)nc3ccccc3c21. The van der Waals surface area contributed by atoms with E-state index in [-0.39, 0.29) is 0 Å². The van der Waals surface area contributed by atoms with E-state index in [2.05, 4.69) is 41.6 Å². The summed E-state index contributed by atoms with van der Waals surface area (Å²) in [5.41, 5.74) is 3.10. The highest BCUT2D eigenvalue weighted by atomic mass is 15.1. The summed E-state index contributed by atoms with van der Waals surface area (Å²) >= 11 is 0. The first-order valence-corrected chi connectivity index (χ1v) is 7.94. The molecule has 0 unspecified atom stereocenters. The van der Waals surface area contributed by atoms with Crippen molar-refractivity contribution in [1.29, 1.82) is 0 Å². The fourth-order valence-corrected chi connectivity index (χ4v) is 3.02. The molecule has 0 saturated carbocycles. The van der Waals surface area contributed by atoms with Gasteiger partial charge >= 0.3 is 5.82 Å². The van der Waals surface area contributed by atoms with E-state index in [4.69, 9.17) is 4.98 Å². The minimum absolute atomic E-state index is 0.562. The molecule has 0 fully saturated rings. The molecule has 0 radical (unpaired) electrons. The van der Waals surface area contributed by atoms with E-state index in [1.165, 1.54) is 0 Å². The molecule has 4 heteroatoms. The van der Waals surface area contributed by atoms with Gasteiger partial charge in [0.25, 0.3) is 0 Å². The highest BCUT2D eigenvalue weighted by Crippen LogP contribution is 2.26. The van der Waals surface area contributed by atoms with Crippen molar-refractivity contribution in [3.8, 4) is 5.82 Å². The number of fused-ring (bicyclic) bond motifs is 3. The van der Waals surface area contributed by atoms with E-state index in [0.717, 1.165) is 34.3 Å². The third-order valence-corrected chi connectivity index (χ3v) is 3.96. The highest BCUT2D eigenvalue weighted by molar-refractivity contribution is 6.04. The lowest BCUT2D eigenvalue weighted by molar-refractivity contribution is -0.598. The molecule has 0 bridgehead atoms. The van der Waals surface area contributed by atoms with Gasteiger partial charge < -0.3 is 4.57 Å². The lowest BCUT2D eigenvalue weighted by Crippen LogP contribution is -2.31. The Morgan fingerprint density at radius 3 is 2.61 bits per heavy atom. The zero-order valence-electron chi connectivity index (χ0n) is 13.3. The van der Waals surface area contributed by atoms with Crippen molar-refractivity contribution in [2.45, 2.75) is 20.4 Å². The van der Waals surface area contributed by atoms with E-state index in [1.807, 2.05) is 47.6 Å². The second-order valence-electron chi connectivity index (χ2n) is 6.22. The first kappa shape index (κ1) is 13.9. The van der Waals surface area contributed by atoms with Gasteiger partial charge in [-0.2, -0.15) is 0 Å². The maximum Gasteiger partial charge on any atom is 0.356 e. The standard InChI is InChI=1S/C19H19N4/c1-14(2)12-23-13-20-17-18(23)15-8-4-5-9-16(15)21-19(17)22-10-6-3-7-11-22/h3-11,13-14H,12H2,1-2H3/q+1.